The van der Waals surface area contributed by atoms with Gasteiger partial charge in [0.1, 0.15) is 5.76 Å². The van der Waals surface area contributed by atoms with Crippen molar-refractivity contribution >= 4 is 0 Å². The number of hydrogen-bond donors (Lipinski definition) is 2. The minimum atomic E-state index is 0.456. The SMILES string of the molecule is CNC(C)CNC(C)Cc1ccco1. The summed E-state index contributed by atoms with van der Waals surface area (Å²) in [6.07, 6.45) is 2.67. The molecule has 0 amide bonds. The standard InChI is InChI=1S/C11H20N2O/c1-9(13-8-10(2)12-3)7-11-5-4-6-14-11/h4-6,9-10,12-13H,7-8H2,1-3H3. The molecular formula is C11H20N2O. The molecule has 1 aromatic heterocycles. The summed E-state index contributed by atoms with van der Waals surface area (Å²) in [5, 5.41) is 6.64. The Kier molecular flexibility index (Phi) is 4.70. The minimum Gasteiger partial charge on any atom is -0.469 e. The second kappa shape index (κ2) is 5.83. The largest absolute Gasteiger partial charge is 0.469 e. The lowest BCUT2D eigenvalue weighted by Gasteiger charge is -2.16. The van der Waals surface area contributed by atoms with Gasteiger partial charge in [0.2, 0.25) is 0 Å². The van der Waals surface area contributed by atoms with E-state index >= 15 is 0 Å². The first-order chi connectivity index (χ1) is 6.72. The van der Waals surface area contributed by atoms with Crippen molar-refractivity contribution in [3.63, 3.8) is 0 Å². The molecule has 3 heteroatoms. The van der Waals surface area contributed by atoms with Gasteiger partial charge in [0.25, 0.3) is 0 Å². The molecule has 0 aromatic carbocycles. The van der Waals surface area contributed by atoms with Gasteiger partial charge in [-0.05, 0) is 33.0 Å². The van der Waals surface area contributed by atoms with Crippen LogP contribution in [0.15, 0.2) is 22.8 Å². The summed E-state index contributed by atoms with van der Waals surface area (Å²) in [5.74, 6) is 1.04. The van der Waals surface area contributed by atoms with Gasteiger partial charge in [-0.15, -0.1) is 0 Å². The molecule has 80 valence electrons. The van der Waals surface area contributed by atoms with Gasteiger partial charge in [0.05, 0.1) is 6.26 Å². The Morgan fingerprint density at radius 2 is 2.14 bits per heavy atom. The highest BCUT2D eigenvalue weighted by Gasteiger charge is 2.06. The monoisotopic (exact) mass is 196 g/mol. The zero-order chi connectivity index (χ0) is 10.4. The van der Waals surface area contributed by atoms with Gasteiger partial charge in [-0.3, -0.25) is 0 Å². The molecule has 0 radical (unpaired) electrons. The van der Waals surface area contributed by atoms with Crippen LogP contribution in [0.3, 0.4) is 0 Å². The Morgan fingerprint density at radius 3 is 2.71 bits per heavy atom. The van der Waals surface area contributed by atoms with E-state index < -0.39 is 0 Å². The quantitative estimate of drug-likeness (QED) is 0.722. The fraction of sp³-hybridized carbons (Fsp3) is 0.636. The van der Waals surface area contributed by atoms with Gasteiger partial charge in [0.15, 0.2) is 0 Å². The van der Waals surface area contributed by atoms with Crippen LogP contribution < -0.4 is 10.6 Å². The van der Waals surface area contributed by atoms with Crippen molar-refractivity contribution in [1.29, 1.82) is 0 Å². The normalized spacial score (nSPS) is 15.4. The molecule has 0 bridgehead atoms. The lowest BCUT2D eigenvalue weighted by Crippen LogP contribution is -2.39. The van der Waals surface area contributed by atoms with Gasteiger partial charge in [-0.1, -0.05) is 0 Å². The number of nitrogens with one attached hydrogen (secondary N) is 2. The zero-order valence-electron chi connectivity index (χ0n) is 9.21. The van der Waals surface area contributed by atoms with Crippen LogP contribution >= 0.6 is 0 Å². The second-order valence-electron chi connectivity index (χ2n) is 3.78. The lowest BCUT2D eigenvalue weighted by molar-refractivity contribution is 0.437. The zero-order valence-corrected chi connectivity index (χ0v) is 9.21. The van der Waals surface area contributed by atoms with Crippen molar-refractivity contribution in [1.82, 2.24) is 10.6 Å². The molecule has 0 aliphatic rings. The highest BCUT2D eigenvalue weighted by Crippen LogP contribution is 2.03. The van der Waals surface area contributed by atoms with Crippen LogP contribution in [0.25, 0.3) is 0 Å². The van der Waals surface area contributed by atoms with Gasteiger partial charge in [-0.25, -0.2) is 0 Å². The molecule has 2 N–H and O–H groups in total. The van der Waals surface area contributed by atoms with Crippen molar-refractivity contribution in [2.45, 2.75) is 32.4 Å². The van der Waals surface area contributed by atoms with Crippen molar-refractivity contribution in [2.75, 3.05) is 13.6 Å². The first-order valence-electron chi connectivity index (χ1n) is 5.15. The van der Waals surface area contributed by atoms with Crippen LogP contribution in [0.2, 0.25) is 0 Å². The first-order valence-corrected chi connectivity index (χ1v) is 5.15. The van der Waals surface area contributed by atoms with E-state index in [1.165, 1.54) is 0 Å². The summed E-state index contributed by atoms with van der Waals surface area (Å²) in [4.78, 5) is 0. The summed E-state index contributed by atoms with van der Waals surface area (Å²) in [5.41, 5.74) is 0. The highest BCUT2D eigenvalue weighted by molar-refractivity contribution is 4.99. The van der Waals surface area contributed by atoms with Crippen molar-refractivity contribution in [3.05, 3.63) is 24.2 Å². The summed E-state index contributed by atoms with van der Waals surface area (Å²) < 4.78 is 5.28. The van der Waals surface area contributed by atoms with Crippen molar-refractivity contribution in [2.24, 2.45) is 0 Å². The summed E-state index contributed by atoms with van der Waals surface area (Å²) in [6.45, 7) is 5.32. The van der Waals surface area contributed by atoms with E-state index in [1.54, 1.807) is 6.26 Å². The van der Waals surface area contributed by atoms with Crippen LogP contribution in [0.4, 0.5) is 0 Å². The molecule has 14 heavy (non-hydrogen) atoms. The molecule has 0 aliphatic carbocycles. The van der Waals surface area contributed by atoms with E-state index in [0.29, 0.717) is 12.1 Å². The van der Waals surface area contributed by atoms with E-state index in [4.69, 9.17) is 4.42 Å². The summed E-state index contributed by atoms with van der Waals surface area (Å²) in [6, 6.07) is 4.91. The molecule has 0 saturated heterocycles. The van der Waals surface area contributed by atoms with E-state index in [1.807, 2.05) is 19.2 Å². The molecule has 0 fully saturated rings. The van der Waals surface area contributed by atoms with E-state index in [9.17, 15) is 0 Å². The van der Waals surface area contributed by atoms with Gasteiger partial charge >= 0.3 is 0 Å². The maximum atomic E-state index is 5.28. The Balaban J connectivity index is 2.19. The molecule has 0 aliphatic heterocycles. The molecular weight excluding hydrogens is 176 g/mol. The van der Waals surface area contributed by atoms with Crippen molar-refractivity contribution < 1.29 is 4.42 Å². The third kappa shape index (κ3) is 3.94. The topological polar surface area (TPSA) is 37.2 Å². The Labute approximate surface area is 85.9 Å². The number of likely N-dealkylation sites (N-methyl/N-ethyl adjacent to an activating group) is 1. The summed E-state index contributed by atoms with van der Waals surface area (Å²) in [7, 11) is 1.98. The molecule has 0 spiro atoms. The molecule has 1 aromatic rings. The number of furan rings is 1. The molecule has 2 atom stereocenters. The highest BCUT2D eigenvalue weighted by atomic mass is 16.3. The van der Waals surface area contributed by atoms with Crippen LogP contribution in [-0.2, 0) is 6.42 Å². The maximum absolute atomic E-state index is 5.28. The smallest absolute Gasteiger partial charge is 0.105 e. The fourth-order valence-electron chi connectivity index (χ4n) is 1.28. The third-order valence-electron chi connectivity index (χ3n) is 2.35. The van der Waals surface area contributed by atoms with E-state index in [0.717, 1.165) is 18.7 Å². The molecule has 0 saturated carbocycles. The van der Waals surface area contributed by atoms with Crippen LogP contribution in [0.5, 0.6) is 0 Å². The first kappa shape index (κ1) is 11.3. The predicted octanol–water partition coefficient (Wildman–Crippen LogP) is 1.41. The van der Waals surface area contributed by atoms with Crippen LogP contribution in [0.1, 0.15) is 19.6 Å². The second-order valence-corrected chi connectivity index (χ2v) is 3.78. The average molecular weight is 196 g/mol. The number of hydrogen-bond acceptors (Lipinski definition) is 3. The Morgan fingerprint density at radius 1 is 1.36 bits per heavy atom. The molecule has 3 nitrogen and oxygen atoms in total. The van der Waals surface area contributed by atoms with Crippen LogP contribution in [-0.4, -0.2) is 25.7 Å². The van der Waals surface area contributed by atoms with Crippen LogP contribution in [0, 0.1) is 0 Å². The van der Waals surface area contributed by atoms with E-state index in [2.05, 4.69) is 24.5 Å². The molecule has 1 heterocycles. The molecule has 2 unspecified atom stereocenters. The minimum absolute atomic E-state index is 0.456. The lowest BCUT2D eigenvalue weighted by atomic mass is 10.2. The summed E-state index contributed by atoms with van der Waals surface area (Å²) >= 11 is 0. The Hall–Kier alpha value is -0.800. The number of rotatable bonds is 6. The average Bonchev–Trinajstić information content (AvgIpc) is 2.66. The Bertz CT molecular complexity index is 233. The van der Waals surface area contributed by atoms with Crippen molar-refractivity contribution in [3.8, 4) is 0 Å². The van der Waals surface area contributed by atoms with Gasteiger partial charge < -0.3 is 15.1 Å². The van der Waals surface area contributed by atoms with Gasteiger partial charge in [-0.2, -0.15) is 0 Å². The molecule has 1 rings (SSSR count). The van der Waals surface area contributed by atoms with E-state index in [-0.39, 0.29) is 0 Å². The fourth-order valence-corrected chi connectivity index (χ4v) is 1.28. The maximum Gasteiger partial charge on any atom is 0.105 e. The third-order valence-corrected chi connectivity index (χ3v) is 2.35. The predicted molar refractivity (Wildman–Crippen MR) is 58.4 cm³/mol. The van der Waals surface area contributed by atoms with Gasteiger partial charge in [0, 0.05) is 25.0 Å².